The Labute approximate surface area is 190 Å². The van der Waals surface area contributed by atoms with Crippen LogP contribution < -0.4 is 18.9 Å². The molecule has 0 N–H and O–H groups in total. The highest BCUT2D eigenvalue weighted by atomic mass is 79.9. The minimum Gasteiger partial charge on any atom is -0.493 e. The molecule has 0 saturated carbocycles. The van der Waals surface area contributed by atoms with Gasteiger partial charge in [0.1, 0.15) is 0 Å². The Morgan fingerprint density at radius 2 is 1.55 bits per heavy atom. The van der Waals surface area contributed by atoms with Crippen LogP contribution in [-0.2, 0) is 0 Å². The van der Waals surface area contributed by atoms with Crippen molar-refractivity contribution in [3.8, 4) is 34.3 Å². The van der Waals surface area contributed by atoms with Crippen LogP contribution in [0.1, 0.15) is 27.0 Å². The second-order valence-electron chi connectivity index (χ2n) is 6.82. The summed E-state index contributed by atoms with van der Waals surface area (Å²) in [6.45, 7) is 3.76. The fourth-order valence-electron chi connectivity index (χ4n) is 3.61. The van der Waals surface area contributed by atoms with Crippen molar-refractivity contribution in [2.75, 3.05) is 28.4 Å². The summed E-state index contributed by atoms with van der Waals surface area (Å²) in [6, 6.07) is 9.34. The average molecular weight is 486 g/mol. The molecule has 0 bridgehead atoms. The maximum absolute atomic E-state index is 13.9. The van der Waals surface area contributed by atoms with E-state index in [0.29, 0.717) is 39.5 Å². The molecule has 0 unspecified atom stereocenters. The van der Waals surface area contributed by atoms with Crippen LogP contribution in [0, 0.1) is 13.8 Å². The quantitative estimate of drug-likeness (QED) is 0.417. The normalized spacial score (nSPS) is 10.5. The van der Waals surface area contributed by atoms with E-state index in [1.165, 1.54) is 7.11 Å². The summed E-state index contributed by atoms with van der Waals surface area (Å²) in [5.74, 6) is 1.57. The second-order valence-corrected chi connectivity index (χ2v) is 7.68. The Kier molecular flexibility index (Phi) is 6.85. The SMILES string of the molecule is COc1ccc(-c2cccc(C)c2C(=O)c2c(OC)ncc(Br)c2C)c(OC)c1OC. The number of hydrogen-bond donors (Lipinski definition) is 0. The van der Waals surface area contributed by atoms with E-state index in [1.54, 1.807) is 33.6 Å². The van der Waals surface area contributed by atoms with Gasteiger partial charge in [-0.25, -0.2) is 4.98 Å². The summed E-state index contributed by atoms with van der Waals surface area (Å²) in [5, 5.41) is 0. The van der Waals surface area contributed by atoms with Crippen molar-refractivity contribution in [1.29, 1.82) is 0 Å². The van der Waals surface area contributed by atoms with Gasteiger partial charge in [0.2, 0.25) is 11.6 Å². The van der Waals surface area contributed by atoms with Gasteiger partial charge in [-0.1, -0.05) is 18.2 Å². The van der Waals surface area contributed by atoms with Crippen LogP contribution >= 0.6 is 15.9 Å². The van der Waals surface area contributed by atoms with Gasteiger partial charge >= 0.3 is 0 Å². The lowest BCUT2D eigenvalue weighted by molar-refractivity contribution is 0.103. The number of methoxy groups -OCH3 is 4. The number of aromatic nitrogens is 1. The van der Waals surface area contributed by atoms with Crippen molar-refractivity contribution in [2.24, 2.45) is 0 Å². The van der Waals surface area contributed by atoms with Crippen molar-refractivity contribution in [2.45, 2.75) is 13.8 Å². The molecule has 1 aromatic heterocycles. The Bertz CT molecular complexity index is 1140. The highest BCUT2D eigenvalue weighted by Gasteiger charge is 2.27. The Morgan fingerprint density at radius 1 is 0.839 bits per heavy atom. The molecular formula is C24H24BrNO5. The third-order valence-corrected chi connectivity index (χ3v) is 5.96. The van der Waals surface area contributed by atoms with E-state index in [2.05, 4.69) is 20.9 Å². The highest BCUT2D eigenvalue weighted by molar-refractivity contribution is 9.10. The third-order valence-electron chi connectivity index (χ3n) is 5.16. The van der Waals surface area contributed by atoms with Crippen LogP contribution in [0.25, 0.3) is 11.1 Å². The molecule has 0 aliphatic carbocycles. The molecule has 3 aromatic rings. The Hall–Kier alpha value is -3.06. The average Bonchev–Trinajstić information content (AvgIpc) is 2.78. The first-order valence-corrected chi connectivity index (χ1v) is 10.3. The van der Waals surface area contributed by atoms with Crippen LogP contribution in [0.4, 0.5) is 0 Å². The summed E-state index contributed by atoms with van der Waals surface area (Å²) in [4.78, 5) is 18.1. The molecule has 0 aliphatic rings. The standard InChI is InChI=1S/C24H24BrNO5/c1-13-8-7-9-15(16-10-11-18(28-3)23(30-5)22(16)29-4)19(13)21(27)20-14(2)17(25)12-26-24(20)31-6/h7-12H,1-6H3. The fraction of sp³-hybridized carbons (Fsp3) is 0.250. The van der Waals surface area contributed by atoms with Crippen LogP contribution in [0.2, 0.25) is 0 Å². The van der Waals surface area contributed by atoms with Crippen LogP contribution in [0.5, 0.6) is 23.1 Å². The minimum absolute atomic E-state index is 0.187. The van der Waals surface area contributed by atoms with Gasteiger partial charge in [0.25, 0.3) is 0 Å². The first-order valence-electron chi connectivity index (χ1n) is 9.52. The van der Waals surface area contributed by atoms with Crippen molar-refractivity contribution in [3.63, 3.8) is 0 Å². The summed E-state index contributed by atoms with van der Waals surface area (Å²) >= 11 is 3.47. The summed E-state index contributed by atoms with van der Waals surface area (Å²) < 4.78 is 22.7. The molecule has 1 heterocycles. The largest absolute Gasteiger partial charge is 0.493 e. The van der Waals surface area contributed by atoms with Crippen LogP contribution in [0.15, 0.2) is 41.0 Å². The molecule has 2 aromatic carbocycles. The van der Waals surface area contributed by atoms with Gasteiger partial charge in [-0.15, -0.1) is 0 Å². The van der Waals surface area contributed by atoms with Gasteiger partial charge in [0.15, 0.2) is 17.3 Å². The van der Waals surface area contributed by atoms with Crippen molar-refractivity contribution >= 4 is 21.7 Å². The Balaban J connectivity index is 2.32. The van der Waals surface area contributed by atoms with E-state index in [4.69, 9.17) is 18.9 Å². The predicted octanol–water partition coefficient (Wildman–Crippen LogP) is 5.39. The number of nitrogens with zero attached hydrogens (tertiary/aromatic N) is 1. The lowest BCUT2D eigenvalue weighted by Crippen LogP contribution is -2.11. The van der Waals surface area contributed by atoms with Gasteiger partial charge in [-0.3, -0.25) is 4.79 Å². The number of ketones is 1. The molecule has 0 atom stereocenters. The molecule has 0 spiro atoms. The predicted molar refractivity (Wildman–Crippen MR) is 123 cm³/mol. The van der Waals surface area contributed by atoms with Crippen LogP contribution in [-0.4, -0.2) is 39.2 Å². The molecule has 0 saturated heterocycles. The molecule has 0 radical (unpaired) electrons. The van der Waals surface area contributed by atoms with E-state index in [0.717, 1.165) is 15.6 Å². The number of hydrogen-bond acceptors (Lipinski definition) is 6. The van der Waals surface area contributed by atoms with Gasteiger partial charge < -0.3 is 18.9 Å². The van der Waals surface area contributed by atoms with E-state index < -0.39 is 0 Å². The molecule has 3 rings (SSSR count). The number of carbonyl (C=O) groups excluding carboxylic acids is 1. The van der Waals surface area contributed by atoms with Crippen molar-refractivity contribution in [3.05, 3.63) is 63.3 Å². The molecule has 0 amide bonds. The van der Waals surface area contributed by atoms with Gasteiger partial charge in [-0.2, -0.15) is 0 Å². The zero-order chi connectivity index (χ0) is 22.7. The second kappa shape index (κ2) is 9.39. The van der Waals surface area contributed by atoms with E-state index in [9.17, 15) is 4.79 Å². The number of pyridine rings is 1. The zero-order valence-electron chi connectivity index (χ0n) is 18.3. The number of aryl methyl sites for hydroxylation is 1. The minimum atomic E-state index is -0.187. The number of carbonyl (C=O) groups is 1. The summed E-state index contributed by atoms with van der Waals surface area (Å²) in [6.07, 6.45) is 1.63. The van der Waals surface area contributed by atoms with Crippen molar-refractivity contribution in [1.82, 2.24) is 4.98 Å². The highest BCUT2D eigenvalue weighted by Crippen LogP contribution is 2.46. The Morgan fingerprint density at radius 3 is 2.16 bits per heavy atom. The smallest absolute Gasteiger partial charge is 0.224 e. The first kappa shape index (κ1) is 22.6. The topological polar surface area (TPSA) is 66.9 Å². The van der Waals surface area contributed by atoms with Gasteiger partial charge in [0.05, 0.1) is 34.0 Å². The fourth-order valence-corrected chi connectivity index (χ4v) is 3.91. The van der Waals surface area contributed by atoms with E-state index in [-0.39, 0.29) is 11.7 Å². The third kappa shape index (κ3) is 3.97. The maximum atomic E-state index is 13.9. The molecule has 6 nitrogen and oxygen atoms in total. The molecule has 0 aliphatic heterocycles. The molecule has 7 heteroatoms. The lowest BCUT2D eigenvalue weighted by Gasteiger charge is -2.19. The molecular weight excluding hydrogens is 462 g/mol. The lowest BCUT2D eigenvalue weighted by atomic mass is 9.89. The number of benzene rings is 2. The zero-order valence-corrected chi connectivity index (χ0v) is 19.9. The number of rotatable bonds is 7. The molecule has 162 valence electrons. The molecule has 0 fully saturated rings. The monoisotopic (exact) mass is 485 g/mol. The maximum Gasteiger partial charge on any atom is 0.224 e. The summed E-state index contributed by atoms with van der Waals surface area (Å²) in [7, 11) is 6.17. The van der Waals surface area contributed by atoms with Gasteiger partial charge in [-0.05, 0) is 58.6 Å². The first-order chi connectivity index (χ1) is 14.9. The van der Waals surface area contributed by atoms with Gasteiger partial charge in [0, 0.05) is 21.8 Å². The molecule has 31 heavy (non-hydrogen) atoms. The number of halogens is 1. The summed E-state index contributed by atoms with van der Waals surface area (Å²) in [5.41, 5.74) is 3.95. The number of ether oxygens (including phenoxy) is 4. The van der Waals surface area contributed by atoms with Crippen LogP contribution in [0.3, 0.4) is 0 Å². The van der Waals surface area contributed by atoms with Crippen molar-refractivity contribution < 1.29 is 23.7 Å². The van der Waals surface area contributed by atoms with E-state index in [1.807, 2.05) is 38.1 Å². The van der Waals surface area contributed by atoms with E-state index >= 15 is 0 Å².